The van der Waals surface area contributed by atoms with Gasteiger partial charge in [0, 0.05) is 23.2 Å². The summed E-state index contributed by atoms with van der Waals surface area (Å²) in [6, 6.07) is 12.6. The van der Waals surface area contributed by atoms with Crippen LogP contribution in [0.15, 0.2) is 48.7 Å². The summed E-state index contributed by atoms with van der Waals surface area (Å²) in [6.07, 6.45) is 3.66. The molecule has 2 aromatic heterocycles. The molecule has 1 saturated carbocycles. The normalized spacial score (nSPS) is 13.6. The second kappa shape index (κ2) is 5.98. The van der Waals surface area contributed by atoms with E-state index in [2.05, 4.69) is 15.3 Å². The fraction of sp³-hybridized carbons (Fsp3) is 0.158. The van der Waals surface area contributed by atoms with Crippen molar-refractivity contribution >= 4 is 28.4 Å². The van der Waals surface area contributed by atoms with Gasteiger partial charge >= 0.3 is 0 Å². The van der Waals surface area contributed by atoms with Crippen LogP contribution in [0.3, 0.4) is 0 Å². The molecule has 0 spiro atoms. The molecule has 2 heterocycles. The molecule has 124 valence electrons. The van der Waals surface area contributed by atoms with Gasteiger partial charge in [0.25, 0.3) is 11.8 Å². The minimum atomic E-state index is -0.686. The van der Waals surface area contributed by atoms with E-state index in [4.69, 9.17) is 5.73 Å². The van der Waals surface area contributed by atoms with Gasteiger partial charge in [-0.3, -0.25) is 14.6 Å². The highest BCUT2D eigenvalue weighted by Crippen LogP contribution is 2.40. The van der Waals surface area contributed by atoms with Crippen LogP contribution < -0.4 is 11.1 Å². The van der Waals surface area contributed by atoms with Crippen LogP contribution in [0, 0.1) is 0 Å². The number of hydrogen-bond acceptors (Lipinski definition) is 4. The Morgan fingerprint density at radius 1 is 1.12 bits per heavy atom. The van der Waals surface area contributed by atoms with E-state index in [1.54, 1.807) is 12.1 Å². The number of carbonyl (C=O) groups is 2. The summed E-state index contributed by atoms with van der Waals surface area (Å²) in [5.74, 6) is -0.569. The summed E-state index contributed by atoms with van der Waals surface area (Å²) >= 11 is 0. The molecule has 3 N–H and O–H groups in total. The van der Waals surface area contributed by atoms with Crippen LogP contribution in [-0.4, -0.2) is 21.8 Å². The SMILES string of the molecule is NC(=O)c1ncccc1NC(=O)c1cc(C2CC2)nc2ccccc12. The Labute approximate surface area is 144 Å². The maximum absolute atomic E-state index is 12.9. The number of nitrogens with one attached hydrogen (secondary N) is 1. The zero-order valence-electron chi connectivity index (χ0n) is 13.4. The molecule has 6 heteroatoms. The molecule has 0 unspecified atom stereocenters. The molecular formula is C19H16N4O2. The lowest BCUT2D eigenvalue weighted by Crippen LogP contribution is -2.20. The molecule has 0 aliphatic heterocycles. The molecule has 6 nitrogen and oxygen atoms in total. The van der Waals surface area contributed by atoms with Crippen molar-refractivity contribution in [2.24, 2.45) is 5.73 Å². The summed E-state index contributed by atoms with van der Waals surface area (Å²) in [7, 11) is 0. The van der Waals surface area contributed by atoms with Crippen molar-refractivity contribution in [1.82, 2.24) is 9.97 Å². The van der Waals surface area contributed by atoms with E-state index in [9.17, 15) is 9.59 Å². The Morgan fingerprint density at radius 3 is 2.68 bits per heavy atom. The van der Waals surface area contributed by atoms with Gasteiger partial charge in [0.05, 0.1) is 16.8 Å². The molecule has 2 amide bonds. The molecular weight excluding hydrogens is 316 g/mol. The number of para-hydroxylation sites is 1. The van der Waals surface area contributed by atoms with Crippen LogP contribution in [0.5, 0.6) is 0 Å². The second-order valence-electron chi connectivity index (χ2n) is 6.10. The first-order chi connectivity index (χ1) is 12.1. The van der Waals surface area contributed by atoms with E-state index in [0.717, 1.165) is 29.4 Å². The highest BCUT2D eigenvalue weighted by atomic mass is 16.2. The number of carbonyl (C=O) groups excluding carboxylic acids is 2. The van der Waals surface area contributed by atoms with Crippen molar-refractivity contribution in [2.75, 3.05) is 5.32 Å². The minimum Gasteiger partial charge on any atom is -0.364 e. The maximum atomic E-state index is 12.9. The molecule has 3 aromatic rings. The number of nitrogens with two attached hydrogens (primary N) is 1. The third-order valence-corrected chi connectivity index (χ3v) is 4.27. The van der Waals surface area contributed by atoms with Crippen LogP contribution in [0.25, 0.3) is 10.9 Å². The molecule has 25 heavy (non-hydrogen) atoms. The predicted molar refractivity (Wildman–Crippen MR) is 94.4 cm³/mol. The third kappa shape index (κ3) is 2.94. The van der Waals surface area contributed by atoms with Crippen LogP contribution in [-0.2, 0) is 0 Å². The predicted octanol–water partition coefficient (Wildman–Crippen LogP) is 2.86. The smallest absolute Gasteiger partial charge is 0.269 e. The molecule has 0 saturated heterocycles. The van der Waals surface area contributed by atoms with Crippen LogP contribution >= 0.6 is 0 Å². The second-order valence-corrected chi connectivity index (χ2v) is 6.10. The zero-order chi connectivity index (χ0) is 17.4. The summed E-state index contributed by atoms with van der Waals surface area (Å²) in [5, 5.41) is 3.53. The van der Waals surface area contributed by atoms with E-state index in [1.165, 1.54) is 6.20 Å². The number of anilines is 1. The van der Waals surface area contributed by atoms with Gasteiger partial charge in [0.1, 0.15) is 0 Å². The Balaban J connectivity index is 1.76. The number of amides is 2. The van der Waals surface area contributed by atoms with E-state index < -0.39 is 5.91 Å². The molecule has 1 fully saturated rings. The topological polar surface area (TPSA) is 98.0 Å². The van der Waals surface area contributed by atoms with Crippen LogP contribution in [0.1, 0.15) is 45.3 Å². The largest absolute Gasteiger partial charge is 0.364 e. The van der Waals surface area contributed by atoms with Gasteiger partial charge in [-0.1, -0.05) is 18.2 Å². The standard InChI is InChI=1S/C19H16N4O2/c20-18(24)17-15(6-3-9-21-17)23-19(25)13-10-16(11-7-8-11)22-14-5-2-1-4-12(13)14/h1-6,9-11H,7-8H2,(H2,20,24)(H,23,25). The molecule has 1 aromatic carbocycles. The van der Waals surface area contributed by atoms with Gasteiger partial charge in [-0.2, -0.15) is 0 Å². The first-order valence-electron chi connectivity index (χ1n) is 8.09. The number of nitrogens with zero attached hydrogens (tertiary/aromatic N) is 2. The lowest BCUT2D eigenvalue weighted by molar-refractivity contribution is 0.0996. The van der Waals surface area contributed by atoms with Crippen molar-refractivity contribution in [2.45, 2.75) is 18.8 Å². The van der Waals surface area contributed by atoms with Gasteiger partial charge in [-0.05, 0) is 37.1 Å². The molecule has 1 aliphatic carbocycles. The average Bonchev–Trinajstić information content (AvgIpc) is 3.46. The minimum absolute atomic E-state index is 0.0385. The first-order valence-corrected chi connectivity index (χ1v) is 8.09. The number of benzene rings is 1. The monoisotopic (exact) mass is 332 g/mol. The number of primary amides is 1. The van der Waals surface area contributed by atoms with Crippen molar-refractivity contribution in [1.29, 1.82) is 0 Å². The summed E-state index contributed by atoms with van der Waals surface area (Å²) < 4.78 is 0. The van der Waals surface area contributed by atoms with Gasteiger partial charge in [0.15, 0.2) is 5.69 Å². The Bertz CT molecular complexity index is 996. The average molecular weight is 332 g/mol. The van der Waals surface area contributed by atoms with E-state index in [-0.39, 0.29) is 11.6 Å². The number of aromatic nitrogens is 2. The Hall–Kier alpha value is -3.28. The molecule has 0 radical (unpaired) electrons. The number of rotatable bonds is 4. The van der Waals surface area contributed by atoms with Gasteiger partial charge < -0.3 is 11.1 Å². The van der Waals surface area contributed by atoms with Crippen LogP contribution in [0.4, 0.5) is 5.69 Å². The maximum Gasteiger partial charge on any atom is 0.269 e. The Morgan fingerprint density at radius 2 is 1.92 bits per heavy atom. The summed E-state index contributed by atoms with van der Waals surface area (Å²) in [5.41, 5.74) is 7.93. The number of pyridine rings is 2. The highest BCUT2D eigenvalue weighted by Gasteiger charge is 2.27. The quantitative estimate of drug-likeness (QED) is 0.767. The number of fused-ring (bicyclic) bond motifs is 1. The molecule has 0 bridgehead atoms. The van der Waals surface area contributed by atoms with Gasteiger partial charge in [-0.25, -0.2) is 4.98 Å². The van der Waals surface area contributed by atoms with Gasteiger partial charge in [-0.15, -0.1) is 0 Å². The lowest BCUT2D eigenvalue weighted by atomic mass is 10.1. The zero-order valence-corrected chi connectivity index (χ0v) is 13.4. The van der Waals surface area contributed by atoms with Crippen molar-refractivity contribution < 1.29 is 9.59 Å². The summed E-state index contributed by atoms with van der Waals surface area (Å²) in [4.78, 5) is 33.0. The summed E-state index contributed by atoms with van der Waals surface area (Å²) in [6.45, 7) is 0. The molecule has 4 rings (SSSR count). The van der Waals surface area contributed by atoms with Crippen LogP contribution in [0.2, 0.25) is 0 Å². The lowest BCUT2D eigenvalue weighted by Gasteiger charge is -2.11. The van der Waals surface area contributed by atoms with Crippen molar-refractivity contribution in [3.63, 3.8) is 0 Å². The van der Waals surface area contributed by atoms with E-state index in [0.29, 0.717) is 17.2 Å². The fourth-order valence-corrected chi connectivity index (χ4v) is 2.86. The number of hydrogen-bond donors (Lipinski definition) is 2. The van der Waals surface area contributed by atoms with Gasteiger partial charge in [0.2, 0.25) is 0 Å². The third-order valence-electron chi connectivity index (χ3n) is 4.27. The first kappa shape index (κ1) is 15.3. The van der Waals surface area contributed by atoms with E-state index in [1.807, 2.05) is 30.3 Å². The van der Waals surface area contributed by atoms with Crippen molar-refractivity contribution in [3.8, 4) is 0 Å². The molecule has 1 aliphatic rings. The van der Waals surface area contributed by atoms with Crippen molar-refractivity contribution in [3.05, 3.63) is 65.6 Å². The van der Waals surface area contributed by atoms with E-state index >= 15 is 0 Å². The highest BCUT2D eigenvalue weighted by molar-refractivity contribution is 6.14. The fourth-order valence-electron chi connectivity index (χ4n) is 2.86. The Kier molecular flexibility index (Phi) is 3.65. The molecule has 0 atom stereocenters.